The first-order valence-corrected chi connectivity index (χ1v) is 21.8. The first-order valence-electron chi connectivity index (χ1n) is 21.8. The number of amides is 4. The van der Waals surface area contributed by atoms with Gasteiger partial charge in [0.05, 0.1) is 17.6 Å². The molecule has 0 bridgehead atoms. The van der Waals surface area contributed by atoms with E-state index in [0.717, 1.165) is 75.3 Å². The summed E-state index contributed by atoms with van der Waals surface area (Å²) in [4.78, 5) is 54.5. The van der Waals surface area contributed by atoms with Gasteiger partial charge in [-0.3, -0.25) is 9.59 Å². The maximum atomic E-state index is 14.1. The molecular formula is C45H67BN4O8. The Morgan fingerprint density at radius 2 is 1.59 bits per heavy atom. The number of ether oxygens (including phenoxy) is 1. The normalized spacial score (nSPS) is 24.7. The number of nitrogens with zero attached hydrogens (tertiary/aromatic N) is 2. The lowest BCUT2D eigenvalue weighted by Crippen LogP contribution is -2.58. The molecule has 3 aliphatic heterocycles. The predicted molar refractivity (Wildman–Crippen MR) is 225 cm³/mol. The number of hydrogen-bond acceptors (Lipinski definition) is 7. The lowest BCUT2D eigenvalue weighted by atomic mass is 9.69. The van der Waals surface area contributed by atoms with E-state index in [-0.39, 0.29) is 47.4 Å². The molecule has 3 unspecified atom stereocenters. The number of carbonyl (C=O) groups excluding carboxylic acids is 3. The number of likely N-dealkylation sites (tertiary alicyclic amines) is 1. The summed E-state index contributed by atoms with van der Waals surface area (Å²) in [6, 6.07) is 16.2. The minimum absolute atomic E-state index is 0.0185. The maximum Gasteiger partial charge on any atom is 0.481 e. The molecule has 0 spiro atoms. The molecule has 7 rings (SSSR count). The van der Waals surface area contributed by atoms with E-state index < -0.39 is 31.4 Å². The average molecular weight is 803 g/mol. The topological polar surface area (TPSA) is 147 Å². The molecule has 0 radical (unpaired) electrons. The van der Waals surface area contributed by atoms with Gasteiger partial charge in [0.15, 0.2) is 0 Å². The van der Waals surface area contributed by atoms with Crippen LogP contribution in [0.3, 0.4) is 0 Å². The molecule has 2 aromatic rings. The lowest BCUT2D eigenvalue weighted by Gasteiger charge is -2.43. The first-order chi connectivity index (χ1) is 27.9. The highest BCUT2D eigenvalue weighted by molar-refractivity contribution is 6.47. The Balaban J connectivity index is 0.000000358. The molecule has 12 nitrogen and oxygen atoms in total. The van der Waals surface area contributed by atoms with Crippen molar-refractivity contribution in [3.05, 3.63) is 71.3 Å². The van der Waals surface area contributed by atoms with Gasteiger partial charge in [-0.2, -0.15) is 0 Å². The van der Waals surface area contributed by atoms with Crippen LogP contribution in [-0.2, 0) is 43.2 Å². The smallest absolute Gasteiger partial charge is 0.465 e. The van der Waals surface area contributed by atoms with E-state index in [9.17, 15) is 19.2 Å². The molecule has 4 amide bonds. The molecular weight excluding hydrogens is 735 g/mol. The largest absolute Gasteiger partial charge is 0.481 e. The van der Waals surface area contributed by atoms with Gasteiger partial charge in [-0.15, -0.1) is 0 Å². The van der Waals surface area contributed by atoms with E-state index in [1.165, 1.54) is 10.5 Å². The van der Waals surface area contributed by atoms with Crippen LogP contribution in [-0.4, -0.2) is 88.8 Å². The first kappa shape index (κ1) is 45.0. The minimum atomic E-state index is -0.825. The van der Waals surface area contributed by atoms with E-state index >= 15 is 0 Å². The van der Waals surface area contributed by atoms with Gasteiger partial charge in [-0.1, -0.05) is 108 Å². The quantitative estimate of drug-likeness (QED) is 0.217. The highest BCUT2D eigenvalue weighted by Gasteiger charge is 2.55. The van der Waals surface area contributed by atoms with Gasteiger partial charge >= 0.3 is 19.3 Å². The van der Waals surface area contributed by atoms with Crippen molar-refractivity contribution < 1.29 is 38.3 Å². The van der Waals surface area contributed by atoms with Crippen LogP contribution in [0.1, 0.15) is 129 Å². The van der Waals surface area contributed by atoms with Crippen LogP contribution >= 0.6 is 0 Å². The van der Waals surface area contributed by atoms with E-state index in [1.54, 1.807) is 4.90 Å². The molecule has 318 valence electrons. The van der Waals surface area contributed by atoms with Crippen LogP contribution in [0.5, 0.6) is 0 Å². The third-order valence-corrected chi connectivity index (χ3v) is 12.5. The van der Waals surface area contributed by atoms with Gasteiger partial charge < -0.3 is 39.6 Å². The molecule has 5 aliphatic rings. The van der Waals surface area contributed by atoms with Crippen LogP contribution in [0.15, 0.2) is 54.6 Å². The van der Waals surface area contributed by atoms with E-state index in [2.05, 4.69) is 37.5 Å². The second kappa shape index (κ2) is 20.7. The molecule has 3 heterocycles. The molecule has 58 heavy (non-hydrogen) atoms. The molecule has 2 aliphatic carbocycles. The zero-order valence-electron chi connectivity index (χ0n) is 35.7. The zero-order valence-corrected chi connectivity index (χ0v) is 35.7. The summed E-state index contributed by atoms with van der Waals surface area (Å²) in [5.74, 6) is -0.662. The summed E-state index contributed by atoms with van der Waals surface area (Å²) < 4.78 is 18.4. The number of fused-ring (bicyclic) bond motifs is 2. The summed E-state index contributed by atoms with van der Waals surface area (Å²) in [6.07, 6.45) is 9.26. The number of nitrogens with one attached hydrogen (secondary N) is 2. The standard InChI is InChI=1S/C33H50BN3O6.C10H11NO2.C2H6/c1-5-27(34-42-26-18-19-32(2,3)22-33(26,4)43-34)35-29(38)25-17-12-20-37(25)30(39)28(24-15-10-7-11-16-24)36-31(40)41-21-23-13-8-6-9-14-23;12-10(13)11-6-5-8-3-1-2-4-9(8)7-11;1-2/h6,8-9,13-14,24-28H,5,7,10-12,15-22H2,1-4H3,(H,35,38)(H,36,40);1-4H,5-7H2,(H,12,13);1-2H3/t25?,26-,27?,28?,33+;;/m1../s1. The second-order valence-electron chi connectivity index (χ2n) is 17.3. The van der Waals surface area contributed by atoms with Gasteiger partial charge in [-0.05, 0) is 92.7 Å². The van der Waals surface area contributed by atoms with Crippen molar-refractivity contribution in [2.45, 2.75) is 161 Å². The summed E-state index contributed by atoms with van der Waals surface area (Å²) in [5, 5.41) is 14.9. The Morgan fingerprint density at radius 3 is 2.28 bits per heavy atom. The fourth-order valence-corrected chi connectivity index (χ4v) is 9.46. The molecule has 2 saturated carbocycles. The summed E-state index contributed by atoms with van der Waals surface area (Å²) in [7, 11) is -0.514. The zero-order chi connectivity index (χ0) is 41.9. The Labute approximate surface area is 346 Å². The van der Waals surface area contributed by atoms with Crippen molar-refractivity contribution in [2.24, 2.45) is 11.3 Å². The number of alkyl carbamates (subject to hydrolysis) is 1. The van der Waals surface area contributed by atoms with Gasteiger partial charge in [0.25, 0.3) is 0 Å². The van der Waals surface area contributed by atoms with Crippen molar-refractivity contribution in [3.8, 4) is 0 Å². The molecule has 4 fully saturated rings. The van der Waals surface area contributed by atoms with Crippen LogP contribution in [0.2, 0.25) is 0 Å². The molecule has 2 aromatic carbocycles. The van der Waals surface area contributed by atoms with E-state index in [4.69, 9.17) is 19.2 Å². The van der Waals surface area contributed by atoms with Crippen molar-refractivity contribution in [1.29, 1.82) is 0 Å². The Bertz CT molecular complexity index is 1670. The van der Waals surface area contributed by atoms with Gasteiger partial charge in [0.2, 0.25) is 11.8 Å². The van der Waals surface area contributed by atoms with Crippen LogP contribution in [0, 0.1) is 11.3 Å². The number of carbonyl (C=O) groups is 4. The highest BCUT2D eigenvalue weighted by Crippen LogP contribution is 2.48. The monoisotopic (exact) mass is 803 g/mol. The van der Waals surface area contributed by atoms with Crippen LogP contribution < -0.4 is 10.6 Å². The second-order valence-corrected chi connectivity index (χ2v) is 17.3. The van der Waals surface area contributed by atoms with E-state index in [1.807, 2.05) is 69.3 Å². The molecule has 0 aromatic heterocycles. The summed E-state index contributed by atoms with van der Waals surface area (Å²) in [6.45, 7) is 14.5. The number of benzene rings is 2. The Hall–Kier alpha value is -4.10. The van der Waals surface area contributed by atoms with Crippen molar-refractivity contribution in [2.75, 3.05) is 13.1 Å². The third-order valence-electron chi connectivity index (χ3n) is 12.5. The Morgan fingerprint density at radius 1 is 0.897 bits per heavy atom. The third kappa shape index (κ3) is 11.6. The molecule has 3 N–H and O–H groups in total. The number of rotatable bonds is 9. The molecule has 13 heteroatoms. The number of hydrogen-bond donors (Lipinski definition) is 3. The summed E-state index contributed by atoms with van der Waals surface area (Å²) in [5.41, 5.74) is 3.12. The highest BCUT2D eigenvalue weighted by atomic mass is 16.7. The van der Waals surface area contributed by atoms with E-state index in [0.29, 0.717) is 32.5 Å². The van der Waals surface area contributed by atoms with Gasteiger partial charge in [-0.25, -0.2) is 9.59 Å². The fourth-order valence-electron chi connectivity index (χ4n) is 9.46. The molecule has 5 atom stereocenters. The van der Waals surface area contributed by atoms with Crippen molar-refractivity contribution >= 4 is 31.1 Å². The van der Waals surface area contributed by atoms with Crippen LogP contribution in [0.25, 0.3) is 0 Å². The fraction of sp³-hybridized carbons (Fsp3) is 0.644. The lowest BCUT2D eigenvalue weighted by molar-refractivity contribution is -0.141. The van der Waals surface area contributed by atoms with Crippen LogP contribution in [0.4, 0.5) is 9.59 Å². The van der Waals surface area contributed by atoms with Gasteiger partial charge in [0.1, 0.15) is 18.7 Å². The maximum absolute atomic E-state index is 14.1. The number of carboxylic acid groups (broad SMARTS) is 1. The summed E-state index contributed by atoms with van der Waals surface area (Å²) >= 11 is 0. The van der Waals surface area contributed by atoms with Crippen molar-refractivity contribution in [3.63, 3.8) is 0 Å². The predicted octanol–water partition coefficient (Wildman–Crippen LogP) is 7.91. The average Bonchev–Trinajstić information content (AvgIpc) is 3.86. The minimum Gasteiger partial charge on any atom is -0.465 e. The Kier molecular flexibility index (Phi) is 16.1. The SMILES string of the molecule is CC.CCC(NC(=O)C1CCCN1C(=O)C(NC(=O)OCc1ccccc1)C1CCCCC1)B1O[C@@H]2CCC(C)(C)C[C@]2(C)O1.O=C(O)N1CCc2ccccc2C1. The molecule has 2 saturated heterocycles. The van der Waals surface area contributed by atoms with Gasteiger partial charge in [0, 0.05) is 19.6 Å². The van der Waals surface area contributed by atoms with Crippen molar-refractivity contribution in [1.82, 2.24) is 20.4 Å².